The number of fused-ring (bicyclic) bond motifs is 1. The van der Waals surface area contributed by atoms with E-state index in [0.29, 0.717) is 24.7 Å². The van der Waals surface area contributed by atoms with Gasteiger partial charge >= 0.3 is 5.69 Å². The summed E-state index contributed by atoms with van der Waals surface area (Å²) in [6.45, 7) is 11.8. The lowest BCUT2D eigenvalue weighted by molar-refractivity contribution is 0.0952. The van der Waals surface area contributed by atoms with E-state index in [4.69, 9.17) is 0 Å². The van der Waals surface area contributed by atoms with Crippen LogP contribution in [0.4, 0.5) is 0 Å². The van der Waals surface area contributed by atoms with E-state index in [1.807, 2.05) is 39.0 Å². The van der Waals surface area contributed by atoms with E-state index in [-0.39, 0.29) is 28.4 Å². The highest BCUT2D eigenvalue weighted by molar-refractivity contribution is 6.05. The van der Waals surface area contributed by atoms with Gasteiger partial charge in [-0.1, -0.05) is 45.0 Å². The smallest absolute Gasteiger partial charge is 0.329 e. The lowest BCUT2D eigenvalue weighted by atomic mass is 9.99. The third kappa shape index (κ3) is 5.37. The van der Waals surface area contributed by atoms with Gasteiger partial charge in [0, 0.05) is 31.9 Å². The first-order valence-electron chi connectivity index (χ1n) is 12.5. The number of benzene rings is 1. The van der Waals surface area contributed by atoms with Crippen molar-refractivity contribution in [3.63, 3.8) is 0 Å². The van der Waals surface area contributed by atoms with Crippen molar-refractivity contribution in [1.82, 2.24) is 24.8 Å². The molecule has 2 aromatic heterocycles. The lowest BCUT2D eigenvalue weighted by Gasteiger charge is -2.31. The zero-order valence-corrected chi connectivity index (χ0v) is 21.1. The first-order valence-corrected chi connectivity index (χ1v) is 12.5. The molecule has 1 saturated heterocycles. The summed E-state index contributed by atoms with van der Waals surface area (Å²) in [6, 6.07) is 9.83. The zero-order chi connectivity index (χ0) is 25.1. The van der Waals surface area contributed by atoms with Crippen molar-refractivity contribution < 1.29 is 4.79 Å². The van der Waals surface area contributed by atoms with Gasteiger partial charge in [0.05, 0.1) is 10.9 Å². The highest BCUT2D eigenvalue weighted by atomic mass is 16.2. The van der Waals surface area contributed by atoms with Crippen LogP contribution < -0.4 is 16.6 Å². The van der Waals surface area contributed by atoms with E-state index >= 15 is 0 Å². The Morgan fingerprint density at radius 2 is 1.97 bits per heavy atom. The predicted octanol–water partition coefficient (Wildman–Crippen LogP) is 3.39. The van der Waals surface area contributed by atoms with Crippen LogP contribution in [0.5, 0.6) is 0 Å². The van der Waals surface area contributed by atoms with Crippen LogP contribution in [0.15, 0.2) is 39.9 Å². The van der Waals surface area contributed by atoms with Crippen LogP contribution in [0, 0.1) is 5.92 Å². The number of rotatable bonds is 7. The molecule has 1 aromatic carbocycles. The maximum Gasteiger partial charge on any atom is 0.329 e. The molecule has 1 atom stereocenters. The molecule has 4 rings (SSSR count). The Kier molecular flexibility index (Phi) is 7.50. The number of aromatic amines is 1. The van der Waals surface area contributed by atoms with Crippen molar-refractivity contribution in [3.8, 4) is 0 Å². The maximum absolute atomic E-state index is 13.4. The summed E-state index contributed by atoms with van der Waals surface area (Å²) < 4.78 is 1.40. The minimum Gasteiger partial charge on any atom is -0.348 e. The molecule has 8 heteroatoms. The second-order valence-electron chi connectivity index (χ2n) is 9.89. The molecule has 8 nitrogen and oxygen atoms in total. The second-order valence-corrected chi connectivity index (χ2v) is 9.89. The third-order valence-electron chi connectivity index (χ3n) is 6.81. The van der Waals surface area contributed by atoms with E-state index < -0.39 is 11.2 Å². The quantitative estimate of drug-likeness (QED) is 0.543. The van der Waals surface area contributed by atoms with Gasteiger partial charge in [-0.3, -0.25) is 24.0 Å². The van der Waals surface area contributed by atoms with Crippen molar-refractivity contribution in [2.24, 2.45) is 5.92 Å². The molecule has 2 N–H and O–H groups in total. The number of carbonyl (C=O) groups excluding carboxylic acids is 1. The number of H-pyrrole nitrogens is 1. The Balaban J connectivity index is 1.64. The van der Waals surface area contributed by atoms with Crippen LogP contribution in [-0.2, 0) is 19.6 Å². The first-order chi connectivity index (χ1) is 16.8. The number of hydrogen-bond donors (Lipinski definition) is 2. The van der Waals surface area contributed by atoms with Gasteiger partial charge in [0.25, 0.3) is 11.5 Å². The minimum atomic E-state index is -0.595. The Morgan fingerprint density at radius 3 is 2.66 bits per heavy atom. The van der Waals surface area contributed by atoms with Crippen LogP contribution in [0.3, 0.4) is 0 Å². The third-order valence-corrected chi connectivity index (χ3v) is 6.81. The van der Waals surface area contributed by atoms with Crippen LogP contribution in [0.25, 0.3) is 11.0 Å². The number of piperidine rings is 1. The monoisotopic (exact) mass is 477 g/mol. The van der Waals surface area contributed by atoms with Crippen LogP contribution in [0.2, 0.25) is 0 Å². The fourth-order valence-electron chi connectivity index (χ4n) is 4.89. The molecule has 0 bridgehead atoms. The molecule has 1 aliphatic heterocycles. The van der Waals surface area contributed by atoms with Gasteiger partial charge < -0.3 is 5.32 Å². The first kappa shape index (κ1) is 24.9. The van der Waals surface area contributed by atoms with Gasteiger partial charge in [-0.15, -0.1) is 0 Å². The number of nitrogens with one attached hydrogen (secondary N) is 2. The number of carbonyl (C=O) groups is 1. The van der Waals surface area contributed by atoms with E-state index in [1.54, 1.807) is 6.07 Å². The van der Waals surface area contributed by atoms with E-state index in [2.05, 4.69) is 33.2 Å². The summed E-state index contributed by atoms with van der Waals surface area (Å²) in [7, 11) is 0. The lowest BCUT2D eigenvalue weighted by Crippen LogP contribution is -2.34. The minimum absolute atomic E-state index is 0.0262. The number of amides is 1. The number of hydrogen-bond acceptors (Lipinski definition) is 5. The SMILES string of the molecule is CCn1c(=O)[nH]c(=O)c2c(C(=O)NCc3ccccc3CN3CCCC(C)C3)cc(C(C)C)nc21. The van der Waals surface area contributed by atoms with Gasteiger partial charge in [0.1, 0.15) is 0 Å². The van der Waals surface area contributed by atoms with Crippen molar-refractivity contribution in [1.29, 1.82) is 0 Å². The van der Waals surface area contributed by atoms with Gasteiger partial charge in [-0.05, 0) is 55.3 Å². The molecule has 1 amide bonds. The average Bonchev–Trinajstić information content (AvgIpc) is 2.82. The molecule has 0 spiro atoms. The second kappa shape index (κ2) is 10.6. The van der Waals surface area contributed by atoms with Crippen molar-refractivity contribution in [2.45, 2.75) is 66.1 Å². The summed E-state index contributed by atoms with van der Waals surface area (Å²) in [5.74, 6) is 0.371. The van der Waals surface area contributed by atoms with E-state index in [0.717, 1.165) is 25.2 Å². The number of likely N-dealkylation sites (tertiary alicyclic amines) is 1. The molecule has 3 heterocycles. The van der Waals surface area contributed by atoms with Gasteiger partial charge in [0.15, 0.2) is 5.65 Å². The van der Waals surface area contributed by atoms with Crippen LogP contribution in [0.1, 0.15) is 73.6 Å². The van der Waals surface area contributed by atoms with Gasteiger partial charge in [0.2, 0.25) is 0 Å². The number of aryl methyl sites for hydroxylation is 1. The molecule has 1 fully saturated rings. The molecule has 0 aliphatic carbocycles. The van der Waals surface area contributed by atoms with Crippen LogP contribution in [-0.4, -0.2) is 38.4 Å². The molecule has 186 valence electrons. The normalized spacial score (nSPS) is 16.7. The number of aromatic nitrogens is 3. The summed E-state index contributed by atoms with van der Waals surface area (Å²) >= 11 is 0. The maximum atomic E-state index is 13.4. The molecule has 35 heavy (non-hydrogen) atoms. The zero-order valence-electron chi connectivity index (χ0n) is 21.1. The molecular formula is C27H35N5O3. The van der Waals surface area contributed by atoms with Crippen LogP contribution >= 0.6 is 0 Å². The van der Waals surface area contributed by atoms with Crippen molar-refractivity contribution in [2.75, 3.05) is 13.1 Å². The molecular weight excluding hydrogens is 442 g/mol. The van der Waals surface area contributed by atoms with E-state index in [9.17, 15) is 14.4 Å². The van der Waals surface area contributed by atoms with Crippen molar-refractivity contribution >= 4 is 16.9 Å². The molecule has 1 unspecified atom stereocenters. The highest BCUT2D eigenvalue weighted by Crippen LogP contribution is 2.21. The van der Waals surface area contributed by atoms with Gasteiger partial charge in [-0.25, -0.2) is 9.78 Å². The predicted molar refractivity (Wildman–Crippen MR) is 138 cm³/mol. The Bertz CT molecular complexity index is 1340. The molecule has 1 aliphatic rings. The summed E-state index contributed by atoms with van der Waals surface area (Å²) in [6.07, 6.45) is 2.49. The Morgan fingerprint density at radius 1 is 1.23 bits per heavy atom. The summed E-state index contributed by atoms with van der Waals surface area (Å²) in [4.78, 5) is 47.9. The molecule has 0 saturated carbocycles. The molecule has 0 radical (unpaired) electrons. The summed E-state index contributed by atoms with van der Waals surface area (Å²) in [5.41, 5.74) is 2.28. The average molecular weight is 478 g/mol. The Hall–Kier alpha value is -3.26. The fraction of sp³-hybridized carbons (Fsp3) is 0.481. The highest BCUT2D eigenvalue weighted by Gasteiger charge is 2.21. The number of pyridine rings is 1. The largest absolute Gasteiger partial charge is 0.348 e. The van der Waals surface area contributed by atoms with Gasteiger partial charge in [-0.2, -0.15) is 0 Å². The topological polar surface area (TPSA) is 100 Å². The van der Waals surface area contributed by atoms with Crippen molar-refractivity contribution in [3.05, 3.63) is 73.6 Å². The fourth-order valence-corrected chi connectivity index (χ4v) is 4.89. The standard InChI is InChI=1S/C27H35N5O3/c1-5-32-24-23(26(34)30-27(32)35)21(13-22(29-24)17(2)3)25(33)28-14-19-10-6-7-11-20(19)16-31-12-8-9-18(4)15-31/h6-7,10-11,13,17-18H,5,8-9,12,14-16H2,1-4H3,(H,28,33)(H,30,34,35). The molecule has 3 aromatic rings. The number of nitrogens with zero attached hydrogens (tertiary/aromatic N) is 3. The summed E-state index contributed by atoms with van der Waals surface area (Å²) in [5, 5.41) is 3.16. The Labute approximate surface area is 205 Å². The van der Waals surface area contributed by atoms with E-state index in [1.165, 1.54) is 23.0 Å².